The minimum Gasteiger partial charge on any atom is -0.469 e. The van der Waals surface area contributed by atoms with E-state index in [0.29, 0.717) is 6.54 Å². The summed E-state index contributed by atoms with van der Waals surface area (Å²) in [6.07, 6.45) is 3.02. The first kappa shape index (κ1) is 12.2. The second kappa shape index (κ2) is 5.36. The number of hydrogen-bond donors (Lipinski definition) is 1. The SMILES string of the molecule is COC(=O)[C@H]1CCC[C@H]1NCc1ccc(C)o1. The van der Waals surface area contributed by atoms with E-state index in [2.05, 4.69) is 5.32 Å². The minimum absolute atomic E-state index is 0.00365. The van der Waals surface area contributed by atoms with Gasteiger partial charge in [0, 0.05) is 6.04 Å². The summed E-state index contributed by atoms with van der Waals surface area (Å²) in [6.45, 7) is 2.60. The molecule has 1 aliphatic carbocycles. The Kier molecular flexibility index (Phi) is 3.84. The number of carbonyl (C=O) groups is 1. The van der Waals surface area contributed by atoms with Crippen molar-refractivity contribution in [2.75, 3.05) is 7.11 Å². The van der Waals surface area contributed by atoms with Crippen molar-refractivity contribution >= 4 is 5.97 Å². The van der Waals surface area contributed by atoms with Gasteiger partial charge in [-0.25, -0.2) is 0 Å². The van der Waals surface area contributed by atoms with Gasteiger partial charge in [-0.1, -0.05) is 6.42 Å². The molecule has 0 aliphatic heterocycles. The average Bonchev–Trinajstić information content (AvgIpc) is 2.94. The van der Waals surface area contributed by atoms with E-state index < -0.39 is 0 Å². The maximum atomic E-state index is 11.6. The highest BCUT2D eigenvalue weighted by Gasteiger charge is 2.33. The van der Waals surface area contributed by atoms with Crippen molar-refractivity contribution in [1.29, 1.82) is 0 Å². The Hall–Kier alpha value is -1.29. The number of esters is 1. The van der Waals surface area contributed by atoms with Gasteiger partial charge in [-0.3, -0.25) is 4.79 Å². The Morgan fingerprint density at radius 3 is 3.00 bits per heavy atom. The summed E-state index contributed by atoms with van der Waals surface area (Å²) in [4.78, 5) is 11.6. The van der Waals surface area contributed by atoms with Crippen LogP contribution in [0.4, 0.5) is 0 Å². The van der Waals surface area contributed by atoms with Crippen LogP contribution in [-0.4, -0.2) is 19.1 Å². The number of hydrogen-bond acceptors (Lipinski definition) is 4. The maximum absolute atomic E-state index is 11.6. The molecule has 17 heavy (non-hydrogen) atoms. The molecule has 1 aromatic rings. The zero-order valence-corrected chi connectivity index (χ0v) is 10.4. The van der Waals surface area contributed by atoms with E-state index in [4.69, 9.17) is 9.15 Å². The van der Waals surface area contributed by atoms with Crippen LogP contribution in [0.15, 0.2) is 16.5 Å². The first-order valence-corrected chi connectivity index (χ1v) is 6.07. The average molecular weight is 237 g/mol. The summed E-state index contributed by atoms with van der Waals surface area (Å²) in [7, 11) is 1.45. The van der Waals surface area contributed by atoms with Crippen molar-refractivity contribution < 1.29 is 13.9 Å². The van der Waals surface area contributed by atoms with Crippen molar-refractivity contribution in [1.82, 2.24) is 5.32 Å². The molecule has 1 aliphatic rings. The second-order valence-electron chi connectivity index (χ2n) is 4.56. The predicted octanol–water partition coefficient (Wildman–Crippen LogP) is 2.02. The summed E-state index contributed by atoms with van der Waals surface area (Å²) in [5.41, 5.74) is 0. The van der Waals surface area contributed by atoms with E-state index in [9.17, 15) is 4.79 Å². The highest BCUT2D eigenvalue weighted by atomic mass is 16.5. The van der Waals surface area contributed by atoms with Crippen molar-refractivity contribution in [3.8, 4) is 0 Å². The summed E-state index contributed by atoms with van der Waals surface area (Å²) < 4.78 is 10.3. The maximum Gasteiger partial charge on any atom is 0.310 e. The third-order valence-corrected chi connectivity index (χ3v) is 3.35. The van der Waals surface area contributed by atoms with Gasteiger partial charge in [0.05, 0.1) is 19.6 Å². The molecule has 1 heterocycles. The smallest absolute Gasteiger partial charge is 0.310 e. The molecule has 0 unspecified atom stereocenters. The van der Waals surface area contributed by atoms with E-state index in [1.54, 1.807) is 0 Å². The molecule has 1 saturated carbocycles. The van der Waals surface area contributed by atoms with Gasteiger partial charge >= 0.3 is 5.97 Å². The van der Waals surface area contributed by atoms with Gasteiger partial charge in [0.15, 0.2) is 0 Å². The number of aryl methyl sites for hydroxylation is 1. The zero-order valence-electron chi connectivity index (χ0n) is 10.4. The van der Waals surface area contributed by atoms with Crippen LogP contribution in [0.3, 0.4) is 0 Å². The van der Waals surface area contributed by atoms with Crippen molar-refractivity contribution in [3.63, 3.8) is 0 Å². The molecule has 94 valence electrons. The molecule has 0 spiro atoms. The molecule has 0 bridgehead atoms. The molecule has 4 nitrogen and oxygen atoms in total. The van der Waals surface area contributed by atoms with Crippen LogP contribution in [0.25, 0.3) is 0 Å². The Morgan fingerprint density at radius 2 is 2.35 bits per heavy atom. The standard InChI is InChI=1S/C13H19NO3/c1-9-6-7-10(17-9)8-14-12-5-3-4-11(12)13(15)16-2/h6-7,11-12,14H,3-5,8H2,1-2H3/t11-,12+/m0/s1. The molecule has 1 fully saturated rings. The fourth-order valence-corrected chi connectivity index (χ4v) is 2.45. The molecule has 2 rings (SSSR count). The minimum atomic E-state index is -0.101. The number of nitrogens with one attached hydrogen (secondary N) is 1. The van der Waals surface area contributed by atoms with Crippen LogP contribution in [-0.2, 0) is 16.1 Å². The van der Waals surface area contributed by atoms with Crippen molar-refractivity contribution in [2.24, 2.45) is 5.92 Å². The molecular formula is C13H19NO3. The molecule has 2 atom stereocenters. The van der Waals surface area contributed by atoms with Crippen LogP contribution < -0.4 is 5.32 Å². The second-order valence-corrected chi connectivity index (χ2v) is 4.56. The van der Waals surface area contributed by atoms with Gasteiger partial charge in [0.2, 0.25) is 0 Å². The first-order valence-electron chi connectivity index (χ1n) is 6.07. The van der Waals surface area contributed by atoms with Gasteiger partial charge in [0.25, 0.3) is 0 Å². The Balaban J connectivity index is 1.88. The van der Waals surface area contributed by atoms with Gasteiger partial charge in [-0.05, 0) is 31.9 Å². The van der Waals surface area contributed by atoms with Crippen LogP contribution in [0, 0.1) is 12.8 Å². The van der Waals surface area contributed by atoms with Crippen LogP contribution in [0.5, 0.6) is 0 Å². The van der Waals surface area contributed by atoms with Gasteiger partial charge in [-0.2, -0.15) is 0 Å². The lowest BCUT2D eigenvalue weighted by atomic mass is 10.0. The molecule has 0 saturated heterocycles. The Labute approximate surface area is 101 Å². The third-order valence-electron chi connectivity index (χ3n) is 3.35. The van der Waals surface area contributed by atoms with Crippen LogP contribution >= 0.6 is 0 Å². The highest BCUT2D eigenvalue weighted by molar-refractivity contribution is 5.73. The third kappa shape index (κ3) is 2.88. The summed E-state index contributed by atoms with van der Waals surface area (Å²) in [6, 6.07) is 4.13. The largest absolute Gasteiger partial charge is 0.469 e. The van der Waals surface area contributed by atoms with Crippen LogP contribution in [0.1, 0.15) is 30.8 Å². The van der Waals surface area contributed by atoms with Crippen molar-refractivity contribution in [2.45, 2.75) is 38.8 Å². The molecular weight excluding hydrogens is 218 g/mol. The number of rotatable bonds is 4. The van der Waals surface area contributed by atoms with Crippen LogP contribution in [0.2, 0.25) is 0 Å². The quantitative estimate of drug-likeness (QED) is 0.814. The van der Waals surface area contributed by atoms with E-state index in [1.807, 2.05) is 19.1 Å². The fraction of sp³-hybridized carbons (Fsp3) is 0.615. The zero-order chi connectivity index (χ0) is 12.3. The van der Waals surface area contributed by atoms with Gasteiger partial charge in [0.1, 0.15) is 11.5 Å². The van der Waals surface area contributed by atoms with Gasteiger partial charge < -0.3 is 14.5 Å². The molecule has 0 radical (unpaired) electrons. The predicted molar refractivity (Wildman–Crippen MR) is 63.4 cm³/mol. The number of ether oxygens (including phenoxy) is 1. The lowest BCUT2D eigenvalue weighted by Gasteiger charge is -2.18. The Bertz CT molecular complexity index is 386. The Morgan fingerprint density at radius 1 is 1.53 bits per heavy atom. The first-order chi connectivity index (χ1) is 8.20. The normalized spacial score (nSPS) is 23.9. The summed E-state index contributed by atoms with van der Waals surface area (Å²) >= 11 is 0. The van der Waals surface area contributed by atoms with E-state index in [-0.39, 0.29) is 17.9 Å². The topological polar surface area (TPSA) is 51.5 Å². The fourth-order valence-electron chi connectivity index (χ4n) is 2.45. The van der Waals surface area contributed by atoms with Crippen molar-refractivity contribution in [3.05, 3.63) is 23.7 Å². The monoisotopic (exact) mass is 237 g/mol. The molecule has 1 N–H and O–H groups in total. The molecule has 0 amide bonds. The number of carbonyl (C=O) groups excluding carboxylic acids is 1. The van der Waals surface area contributed by atoms with E-state index >= 15 is 0 Å². The molecule has 4 heteroatoms. The molecule has 1 aromatic heterocycles. The lowest BCUT2D eigenvalue weighted by Crippen LogP contribution is -2.36. The lowest BCUT2D eigenvalue weighted by molar-refractivity contribution is -0.145. The number of furan rings is 1. The summed E-state index contributed by atoms with van der Waals surface area (Å²) in [5, 5.41) is 3.38. The highest BCUT2D eigenvalue weighted by Crippen LogP contribution is 2.27. The van der Waals surface area contributed by atoms with Gasteiger partial charge in [-0.15, -0.1) is 0 Å². The van der Waals surface area contributed by atoms with E-state index in [1.165, 1.54) is 7.11 Å². The number of methoxy groups -OCH3 is 1. The van der Waals surface area contributed by atoms with E-state index in [0.717, 1.165) is 30.8 Å². The molecule has 0 aromatic carbocycles. The summed E-state index contributed by atoms with van der Waals surface area (Å²) in [5.74, 6) is 1.72.